The molecule has 0 bridgehead atoms. The summed E-state index contributed by atoms with van der Waals surface area (Å²) in [6.07, 6.45) is 0. The molecule has 1 aromatic carbocycles. The maximum absolute atomic E-state index is 12.6. The van der Waals surface area contributed by atoms with Gasteiger partial charge in [0, 0.05) is 14.7 Å². The topological polar surface area (TPSA) is 32.3 Å². The second kappa shape index (κ2) is 7.73. The van der Waals surface area contributed by atoms with Crippen molar-refractivity contribution in [3.8, 4) is 0 Å². The van der Waals surface area contributed by atoms with Gasteiger partial charge in [0.15, 0.2) is 0 Å². The molecule has 2 rings (SSSR count). The van der Waals surface area contributed by atoms with Gasteiger partial charge in [-0.3, -0.25) is 9.69 Å². The first-order chi connectivity index (χ1) is 10.1. The number of nitrogens with zero attached hydrogens (tertiary/aromatic N) is 1. The van der Waals surface area contributed by atoms with Crippen LogP contribution in [0.2, 0.25) is 0 Å². The Morgan fingerprint density at radius 1 is 1.38 bits per heavy atom. The number of amides is 1. The van der Waals surface area contributed by atoms with E-state index in [0.29, 0.717) is 6.54 Å². The Balaban J connectivity index is 2.08. The molecule has 1 aromatic heterocycles. The minimum absolute atomic E-state index is 0.0371. The molecule has 0 aliphatic rings. The van der Waals surface area contributed by atoms with Gasteiger partial charge in [0.1, 0.15) is 6.04 Å². The lowest BCUT2D eigenvalue weighted by Gasteiger charge is -2.26. The highest BCUT2D eigenvalue weighted by Crippen LogP contribution is 2.21. The molecule has 21 heavy (non-hydrogen) atoms. The van der Waals surface area contributed by atoms with Gasteiger partial charge in [-0.2, -0.15) is 0 Å². The van der Waals surface area contributed by atoms with E-state index >= 15 is 0 Å². The van der Waals surface area contributed by atoms with Crippen LogP contribution in [0.5, 0.6) is 0 Å². The summed E-state index contributed by atoms with van der Waals surface area (Å²) in [7, 11) is 1.97. The number of carbonyl (C=O) groups excluding carboxylic acids is 1. The third kappa shape index (κ3) is 4.40. The Morgan fingerprint density at radius 3 is 2.67 bits per heavy atom. The zero-order valence-corrected chi connectivity index (χ0v) is 14.6. The van der Waals surface area contributed by atoms with Gasteiger partial charge < -0.3 is 5.32 Å². The highest BCUT2D eigenvalue weighted by atomic mass is 79.9. The van der Waals surface area contributed by atoms with Crippen LogP contribution in [0.3, 0.4) is 0 Å². The fraction of sp³-hybridized carbons (Fsp3) is 0.312. The van der Waals surface area contributed by atoms with Crippen molar-refractivity contribution in [3.63, 3.8) is 0 Å². The van der Waals surface area contributed by atoms with Gasteiger partial charge in [0.05, 0.1) is 6.54 Å². The van der Waals surface area contributed by atoms with E-state index in [0.717, 1.165) is 21.5 Å². The normalized spacial score (nSPS) is 12.4. The van der Waals surface area contributed by atoms with E-state index in [2.05, 4.69) is 33.1 Å². The number of thiophene rings is 1. The van der Waals surface area contributed by atoms with Crippen molar-refractivity contribution in [1.82, 2.24) is 10.2 Å². The Bertz CT molecular complexity index is 585. The standard InChI is InChI=1S/C16H19BrN2OS/c1-3-19(2)15(12-7-5-4-6-8-12)16(20)18-10-14-9-13(17)11-21-14/h4-9,11,15H,3,10H2,1-2H3,(H,18,20). The molecule has 1 unspecified atom stereocenters. The van der Waals surface area contributed by atoms with Gasteiger partial charge in [0.2, 0.25) is 5.91 Å². The van der Waals surface area contributed by atoms with Crippen molar-refractivity contribution in [1.29, 1.82) is 0 Å². The molecule has 1 amide bonds. The minimum Gasteiger partial charge on any atom is -0.350 e. The van der Waals surface area contributed by atoms with E-state index < -0.39 is 0 Å². The number of rotatable bonds is 6. The molecule has 5 heteroatoms. The van der Waals surface area contributed by atoms with Crippen LogP contribution >= 0.6 is 27.3 Å². The lowest BCUT2D eigenvalue weighted by molar-refractivity contribution is -0.126. The van der Waals surface area contributed by atoms with Crippen molar-refractivity contribution in [3.05, 3.63) is 56.7 Å². The van der Waals surface area contributed by atoms with Gasteiger partial charge in [0.25, 0.3) is 0 Å². The molecule has 0 fully saturated rings. The molecule has 0 aliphatic heterocycles. The SMILES string of the molecule is CCN(C)C(C(=O)NCc1cc(Br)cs1)c1ccccc1. The van der Waals surface area contributed by atoms with E-state index in [1.165, 1.54) is 0 Å². The molecule has 1 N–H and O–H groups in total. The number of nitrogens with one attached hydrogen (secondary N) is 1. The van der Waals surface area contributed by atoms with E-state index in [9.17, 15) is 4.79 Å². The predicted molar refractivity (Wildman–Crippen MR) is 91.4 cm³/mol. The Hall–Kier alpha value is -1.17. The summed E-state index contributed by atoms with van der Waals surface area (Å²) in [5.74, 6) is 0.0371. The number of halogens is 1. The molecule has 0 saturated heterocycles. The number of hydrogen-bond donors (Lipinski definition) is 1. The highest BCUT2D eigenvalue weighted by molar-refractivity contribution is 9.10. The van der Waals surface area contributed by atoms with Crippen LogP contribution in [-0.2, 0) is 11.3 Å². The average Bonchev–Trinajstić information content (AvgIpc) is 2.92. The van der Waals surface area contributed by atoms with Gasteiger partial charge in [-0.15, -0.1) is 11.3 Å². The first kappa shape index (κ1) is 16.2. The number of benzene rings is 1. The van der Waals surface area contributed by atoms with Gasteiger partial charge >= 0.3 is 0 Å². The second-order valence-electron chi connectivity index (χ2n) is 4.84. The molecule has 1 heterocycles. The fourth-order valence-electron chi connectivity index (χ4n) is 2.14. The smallest absolute Gasteiger partial charge is 0.242 e. The molecule has 0 spiro atoms. The molecular formula is C16H19BrN2OS. The van der Waals surface area contributed by atoms with Crippen LogP contribution in [0.1, 0.15) is 23.4 Å². The van der Waals surface area contributed by atoms with E-state index in [4.69, 9.17) is 0 Å². The van der Waals surface area contributed by atoms with Crippen LogP contribution in [0, 0.1) is 0 Å². The van der Waals surface area contributed by atoms with Gasteiger partial charge in [-0.25, -0.2) is 0 Å². The van der Waals surface area contributed by atoms with Crippen LogP contribution in [-0.4, -0.2) is 24.4 Å². The number of carbonyl (C=O) groups is 1. The summed E-state index contributed by atoms with van der Waals surface area (Å²) in [6.45, 7) is 3.44. The molecule has 0 radical (unpaired) electrons. The predicted octanol–water partition coefficient (Wildman–Crippen LogP) is 3.82. The van der Waals surface area contributed by atoms with Crippen LogP contribution in [0.15, 0.2) is 46.3 Å². The van der Waals surface area contributed by atoms with Crippen molar-refractivity contribution in [2.45, 2.75) is 19.5 Å². The minimum atomic E-state index is -0.250. The second-order valence-corrected chi connectivity index (χ2v) is 6.75. The quantitative estimate of drug-likeness (QED) is 0.842. The van der Waals surface area contributed by atoms with Gasteiger partial charge in [-0.1, -0.05) is 37.3 Å². The van der Waals surface area contributed by atoms with Crippen molar-refractivity contribution in [2.24, 2.45) is 0 Å². The monoisotopic (exact) mass is 366 g/mol. The Morgan fingerprint density at radius 2 is 2.10 bits per heavy atom. The van der Waals surface area contributed by atoms with Crippen LogP contribution in [0.25, 0.3) is 0 Å². The van der Waals surface area contributed by atoms with E-state index in [1.54, 1.807) is 11.3 Å². The summed E-state index contributed by atoms with van der Waals surface area (Å²) >= 11 is 5.07. The molecule has 3 nitrogen and oxygen atoms in total. The maximum Gasteiger partial charge on any atom is 0.242 e. The molecule has 0 aliphatic carbocycles. The average molecular weight is 367 g/mol. The summed E-state index contributed by atoms with van der Waals surface area (Å²) in [6, 6.07) is 11.7. The fourth-order valence-corrected chi connectivity index (χ4v) is 3.53. The summed E-state index contributed by atoms with van der Waals surface area (Å²) in [5.41, 5.74) is 1.02. The number of likely N-dealkylation sites (N-methyl/N-ethyl adjacent to an activating group) is 1. The third-order valence-electron chi connectivity index (χ3n) is 3.36. The molecule has 1 atom stereocenters. The Kier molecular flexibility index (Phi) is 5.96. The van der Waals surface area contributed by atoms with E-state index in [1.807, 2.05) is 48.8 Å². The lowest BCUT2D eigenvalue weighted by Crippen LogP contribution is -2.38. The van der Waals surface area contributed by atoms with Crippen LogP contribution in [0.4, 0.5) is 0 Å². The lowest BCUT2D eigenvalue weighted by atomic mass is 10.0. The molecule has 2 aromatic rings. The largest absolute Gasteiger partial charge is 0.350 e. The van der Waals surface area contributed by atoms with Crippen molar-refractivity contribution in [2.75, 3.05) is 13.6 Å². The van der Waals surface area contributed by atoms with Crippen LogP contribution < -0.4 is 5.32 Å². The first-order valence-electron chi connectivity index (χ1n) is 6.87. The molecule has 0 saturated carbocycles. The van der Waals surface area contributed by atoms with E-state index in [-0.39, 0.29) is 11.9 Å². The first-order valence-corrected chi connectivity index (χ1v) is 8.55. The highest BCUT2D eigenvalue weighted by Gasteiger charge is 2.23. The molecule has 112 valence electrons. The summed E-state index contributed by atoms with van der Waals surface area (Å²) < 4.78 is 1.06. The zero-order valence-electron chi connectivity index (χ0n) is 12.2. The zero-order chi connectivity index (χ0) is 15.2. The third-order valence-corrected chi connectivity index (χ3v) is 5.06. The van der Waals surface area contributed by atoms with Gasteiger partial charge in [-0.05, 0) is 41.2 Å². The van der Waals surface area contributed by atoms with Crippen molar-refractivity contribution >= 4 is 33.2 Å². The summed E-state index contributed by atoms with van der Waals surface area (Å²) in [4.78, 5) is 15.8. The number of hydrogen-bond acceptors (Lipinski definition) is 3. The molecular weight excluding hydrogens is 348 g/mol. The summed E-state index contributed by atoms with van der Waals surface area (Å²) in [5, 5.41) is 5.06. The Labute approximate surface area is 138 Å². The maximum atomic E-state index is 12.6. The van der Waals surface area contributed by atoms with Crippen molar-refractivity contribution < 1.29 is 4.79 Å².